The van der Waals surface area contributed by atoms with E-state index in [9.17, 15) is 0 Å². The Morgan fingerprint density at radius 3 is 2.60 bits per heavy atom. The van der Waals surface area contributed by atoms with Crippen molar-refractivity contribution in [2.75, 3.05) is 25.7 Å². The zero-order chi connectivity index (χ0) is 10.8. The van der Waals surface area contributed by atoms with Crippen LogP contribution in [0, 0.1) is 0 Å². The van der Waals surface area contributed by atoms with Crippen molar-refractivity contribution in [3.63, 3.8) is 0 Å². The molecule has 1 rings (SSSR count). The SMILES string of the molecule is ClCC=CCOCCOc1ccccc1. The van der Waals surface area contributed by atoms with Gasteiger partial charge in [-0.3, -0.25) is 0 Å². The second-order valence-electron chi connectivity index (χ2n) is 2.86. The third-order valence-corrected chi connectivity index (χ3v) is 1.89. The third-order valence-electron chi connectivity index (χ3n) is 1.71. The molecule has 0 fully saturated rings. The number of alkyl halides is 1. The van der Waals surface area contributed by atoms with Crippen LogP contribution in [0.4, 0.5) is 0 Å². The standard InChI is InChI=1S/C12H15ClO2/c13-8-4-5-9-14-10-11-15-12-6-2-1-3-7-12/h1-7H,8-11H2. The van der Waals surface area contributed by atoms with Gasteiger partial charge in [-0.25, -0.2) is 0 Å². The molecule has 0 aliphatic heterocycles. The average Bonchev–Trinajstić information content (AvgIpc) is 2.29. The number of allylic oxidation sites excluding steroid dienone is 1. The molecule has 1 aromatic rings. The van der Waals surface area contributed by atoms with Gasteiger partial charge in [0.25, 0.3) is 0 Å². The van der Waals surface area contributed by atoms with Crippen LogP contribution in [0.1, 0.15) is 0 Å². The van der Waals surface area contributed by atoms with E-state index in [2.05, 4.69) is 0 Å². The largest absolute Gasteiger partial charge is 0.491 e. The van der Waals surface area contributed by atoms with Crippen molar-refractivity contribution in [1.82, 2.24) is 0 Å². The van der Waals surface area contributed by atoms with Gasteiger partial charge in [-0.1, -0.05) is 30.4 Å². The lowest BCUT2D eigenvalue weighted by molar-refractivity contribution is 0.121. The molecular formula is C12H15ClO2. The average molecular weight is 227 g/mol. The van der Waals surface area contributed by atoms with Gasteiger partial charge in [-0.05, 0) is 12.1 Å². The molecule has 0 aliphatic carbocycles. The highest BCUT2D eigenvalue weighted by molar-refractivity contribution is 6.18. The van der Waals surface area contributed by atoms with Gasteiger partial charge in [-0.2, -0.15) is 0 Å². The fourth-order valence-electron chi connectivity index (χ4n) is 1.02. The molecule has 0 unspecified atom stereocenters. The van der Waals surface area contributed by atoms with Crippen LogP contribution in [-0.2, 0) is 4.74 Å². The predicted molar refractivity (Wildman–Crippen MR) is 62.6 cm³/mol. The monoisotopic (exact) mass is 226 g/mol. The van der Waals surface area contributed by atoms with Gasteiger partial charge in [0.1, 0.15) is 12.4 Å². The first kappa shape index (κ1) is 12.1. The van der Waals surface area contributed by atoms with Gasteiger partial charge in [-0.15, -0.1) is 11.6 Å². The lowest BCUT2D eigenvalue weighted by atomic mass is 10.3. The van der Waals surface area contributed by atoms with Crippen LogP contribution >= 0.6 is 11.6 Å². The maximum atomic E-state index is 5.45. The van der Waals surface area contributed by atoms with Crippen molar-refractivity contribution >= 4 is 11.6 Å². The molecule has 0 atom stereocenters. The Kier molecular flexibility index (Phi) is 6.71. The van der Waals surface area contributed by atoms with Crippen LogP contribution in [0.3, 0.4) is 0 Å². The molecule has 3 heteroatoms. The molecule has 0 saturated carbocycles. The predicted octanol–water partition coefficient (Wildman–Crippen LogP) is 2.88. The van der Waals surface area contributed by atoms with E-state index in [1.54, 1.807) is 0 Å². The third kappa shape index (κ3) is 6.15. The van der Waals surface area contributed by atoms with Crippen LogP contribution in [0.25, 0.3) is 0 Å². The number of benzene rings is 1. The fraction of sp³-hybridized carbons (Fsp3) is 0.333. The maximum absolute atomic E-state index is 5.45. The van der Waals surface area contributed by atoms with Crippen molar-refractivity contribution in [3.8, 4) is 5.75 Å². The van der Waals surface area contributed by atoms with E-state index in [1.165, 1.54) is 0 Å². The molecule has 0 spiro atoms. The summed E-state index contributed by atoms with van der Waals surface area (Å²) in [5.74, 6) is 1.40. The first-order chi connectivity index (χ1) is 7.43. The zero-order valence-electron chi connectivity index (χ0n) is 8.56. The van der Waals surface area contributed by atoms with Crippen LogP contribution in [-0.4, -0.2) is 25.7 Å². The lowest BCUT2D eigenvalue weighted by Crippen LogP contribution is -2.06. The Hall–Kier alpha value is -0.990. The minimum Gasteiger partial charge on any atom is -0.491 e. The summed E-state index contributed by atoms with van der Waals surface area (Å²) in [6.45, 7) is 1.74. The van der Waals surface area contributed by atoms with Gasteiger partial charge < -0.3 is 9.47 Å². The maximum Gasteiger partial charge on any atom is 0.119 e. The summed E-state index contributed by atoms with van der Waals surface area (Å²) < 4.78 is 10.7. The number of halogens is 1. The molecule has 0 aromatic heterocycles. The molecule has 1 aromatic carbocycles. The van der Waals surface area contributed by atoms with Gasteiger partial charge in [0.2, 0.25) is 0 Å². The molecule has 0 N–H and O–H groups in total. The molecule has 0 saturated heterocycles. The fourth-order valence-corrected chi connectivity index (χ4v) is 1.14. The molecule has 0 amide bonds. The van der Waals surface area contributed by atoms with E-state index in [-0.39, 0.29) is 0 Å². The van der Waals surface area contributed by atoms with E-state index < -0.39 is 0 Å². The summed E-state index contributed by atoms with van der Waals surface area (Å²) in [5.41, 5.74) is 0. The number of hydrogen-bond acceptors (Lipinski definition) is 2. The summed E-state index contributed by atoms with van der Waals surface area (Å²) in [6.07, 6.45) is 3.76. The van der Waals surface area contributed by atoms with Crippen molar-refractivity contribution in [2.24, 2.45) is 0 Å². The Balaban J connectivity index is 2.00. The van der Waals surface area contributed by atoms with Gasteiger partial charge in [0.15, 0.2) is 0 Å². The van der Waals surface area contributed by atoms with Crippen molar-refractivity contribution in [1.29, 1.82) is 0 Å². The molecular weight excluding hydrogens is 212 g/mol. The minimum absolute atomic E-state index is 0.532. The molecule has 0 radical (unpaired) electrons. The van der Waals surface area contributed by atoms with E-state index in [4.69, 9.17) is 21.1 Å². The highest BCUT2D eigenvalue weighted by Gasteiger charge is 1.90. The topological polar surface area (TPSA) is 18.5 Å². The first-order valence-electron chi connectivity index (χ1n) is 4.90. The molecule has 0 heterocycles. The molecule has 15 heavy (non-hydrogen) atoms. The van der Waals surface area contributed by atoms with Crippen molar-refractivity contribution in [2.45, 2.75) is 0 Å². The number of para-hydroxylation sites is 1. The zero-order valence-corrected chi connectivity index (χ0v) is 9.32. The number of ether oxygens (including phenoxy) is 2. The Morgan fingerprint density at radius 1 is 1.07 bits per heavy atom. The van der Waals surface area contributed by atoms with Crippen LogP contribution in [0.5, 0.6) is 5.75 Å². The lowest BCUT2D eigenvalue weighted by Gasteiger charge is -2.05. The summed E-state index contributed by atoms with van der Waals surface area (Å²) in [4.78, 5) is 0. The van der Waals surface area contributed by atoms with Gasteiger partial charge in [0, 0.05) is 5.88 Å². The number of hydrogen-bond donors (Lipinski definition) is 0. The second kappa shape index (κ2) is 8.33. The van der Waals surface area contributed by atoms with E-state index in [0.29, 0.717) is 25.7 Å². The van der Waals surface area contributed by atoms with Crippen molar-refractivity contribution in [3.05, 3.63) is 42.5 Å². The van der Waals surface area contributed by atoms with Crippen LogP contribution in [0.15, 0.2) is 42.5 Å². The summed E-state index contributed by atoms with van der Waals surface area (Å²) >= 11 is 5.45. The number of rotatable bonds is 7. The van der Waals surface area contributed by atoms with Crippen LogP contribution < -0.4 is 4.74 Å². The Labute approximate surface area is 95.5 Å². The summed E-state index contributed by atoms with van der Waals surface area (Å²) in [7, 11) is 0. The smallest absolute Gasteiger partial charge is 0.119 e. The quantitative estimate of drug-likeness (QED) is 0.404. The molecule has 0 aliphatic rings. The summed E-state index contributed by atoms with van der Waals surface area (Å²) in [5, 5.41) is 0. The van der Waals surface area contributed by atoms with E-state index >= 15 is 0 Å². The molecule has 82 valence electrons. The second-order valence-corrected chi connectivity index (χ2v) is 3.17. The highest BCUT2D eigenvalue weighted by Crippen LogP contribution is 2.07. The van der Waals surface area contributed by atoms with Crippen molar-refractivity contribution < 1.29 is 9.47 Å². The first-order valence-corrected chi connectivity index (χ1v) is 5.43. The molecule has 2 nitrogen and oxygen atoms in total. The van der Waals surface area contributed by atoms with Crippen LogP contribution in [0.2, 0.25) is 0 Å². The van der Waals surface area contributed by atoms with Gasteiger partial charge >= 0.3 is 0 Å². The normalized spacial score (nSPS) is 10.7. The molecule has 0 bridgehead atoms. The highest BCUT2D eigenvalue weighted by atomic mass is 35.5. The summed E-state index contributed by atoms with van der Waals surface area (Å²) in [6, 6.07) is 9.69. The minimum atomic E-state index is 0.532. The van der Waals surface area contributed by atoms with E-state index in [0.717, 1.165) is 5.75 Å². The Bertz CT molecular complexity index is 272. The van der Waals surface area contributed by atoms with E-state index in [1.807, 2.05) is 42.5 Å². The van der Waals surface area contributed by atoms with Gasteiger partial charge in [0.05, 0.1) is 13.2 Å². The Morgan fingerprint density at radius 2 is 1.87 bits per heavy atom.